The topological polar surface area (TPSA) is 78.9 Å². The zero-order valence-corrected chi connectivity index (χ0v) is 45.9. The van der Waals surface area contributed by atoms with Gasteiger partial charge in [-0.2, -0.15) is 0 Å². The first-order valence-corrected chi connectivity index (χ1v) is 30.3. The van der Waals surface area contributed by atoms with E-state index in [0.717, 1.165) is 77.0 Å². The Kier molecular flexibility index (Phi) is 55.7. The van der Waals surface area contributed by atoms with Gasteiger partial charge in [0.2, 0.25) is 0 Å². The molecular weight excluding hydrogens is 841 g/mol. The minimum atomic E-state index is -0.772. The second-order valence-electron chi connectivity index (χ2n) is 20.6. The molecule has 0 unspecified atom stereocenters. The molecule has 6 nitrogen and oxygen atoms in total. The summed E-state index contributed by atoms with van der Waals surface area (Å²) in [5, 5.41) is 0. The normalized spacial score (nSPS) is 12.1. The van der Waals surface area contributed by atoms with Gasteiger partial charge >= 0.3 is 17.9 Å². The summed E-state index contributed by atoms with van der Waals surface area (Å²) in [5.74, 6) is -0.859. The van der Waals surface area contributed by atoms with E-state index in [-0.39, 0.29) is 31.1 Å². The largest absolute Gasteiger partial charge is 0.462 e. The molecule has 0 heterocycles. The molecule has 0 rings (SSSR count). The molecular formula is C62H116O6. The summed E-state index contributed by atoms with van der Waals surface area (Å²) in [4.78, 5) is 38.2. The van der Waals surface area contributed by atoms with Gasteiger partial charge in [-0.1, -0.05) is 295 Å². The number of hydrogen-bond acceptors (Lipinski definition) is 6. The lowest BCUT2D eigenvalue weighted by molar-refractivity contribution is -0.167. The van der Waals surface area contributed by atoms with E-state index < -0.39 is 6.10 Å². The molecule has 0 saturated heterocycles. The van der Waals surface area contributed by atoms with Gasteiger partial charge in [0.1, 0.15) is 13.2 Å². The highest BCUT2D eigenvalue weighted by atomic mass is 16.6. The van der Waals surface area contributed by atoms with Gasteiger partial charge in [0, 0.05) is 19.3 Å². The molecule has 0 fully saturated rings. The third-order valence-corrected chi connectivity index (χ3v) is 13.7. The zero-order chi connectivity index (χ0) is 49.3. The highest BCUT2D eigenvalue weighted by molar-refractivity contribution is 5.71. The van der Waals surface area contributed by atoms with Crippen LogP contribution in [-0.2, 0) is 28.6 Å². The van der Waals surface area contributed by atoms with Crippen LogP contribution in [0.15, 0.2) is 24.3 Å². The molecule has 0 spiro atoms. The van der Waals surface area contributed by atoms with Crippen molar-refractivity contribution in [3.05, 3.63) is 24.3 Å². The lowest BCUT2D eigenvalue weighted by atomic mass is 10.0. The first-order chi connectivity index (χ1) is 33.5. The molecule has 400 valence electrons. The van der Waals surface area contributed by atoms with E-state index in [1.807, 2.05) is 0 Å². The average molecular weight is 958 g/mol. The molecule has 0 radical (unpaired) electrons. The molecule has 6 heteroatoms. The van der Waals surface area contributed by atoms with E-state index in [1.54, 1.807) is 0 Å². The van der Waals surface area contributed by atoms with E-state index in [9.17, 15) is 14.4 Å². The van der Waals surface area contributed by atoms with E-state index in [4.69, 9.17) is 14.2 Å². The predicted molar refractivity (Wildman–Crippen MR) is 293 cm³/mol. The van der Waals surface area contributed by atoms with Crippen LogP contribution in [0.25, 0.3) is 0 Å². The van der Waals surface area contributed by atoms with Gasteiger partial charge in [-0.3, -0.25) is 14.4 Å². The van der Waals surface area contributed by atoms with Crippen molar-refractivity contribution in [2.75, 3.05) is 13.2 Å². The van der Waals surface area contributed by atoms with Crippen LogP contribution in [0.3, 0.4) is 0 Å². The van der Waals surface area contributed by atoms with Gasteiger partial charge in [-0.05, 0) is 44.9 Å². The SMILES string of the molecule is CCCC/C=C\C/C=C\CCCCCCCC(=O)OC[C@H](COC(=O)CCCCCCCCCCCCCCCCCCCC)OC(=O)CCCCCCCCCCCCCCCCCCCC. The summed E-state index contributed by atoms with van der Waals surface area (Å²) in [6, 6.07) is 0. The molecule has 0 aromatic heterocycles. The maximum atomic E-state index is 12.9. The summed E-state index contributed by atoms with van der Waals surface area (Å²) in [5.41, 5.74) is 0. The third kappa shape index (κ3) is 54.8. The van der Waals surface area contributed by atoms with Crippen LogP contribution in [0.1, 0.15) is 335 Å². The van der Waals surface area contributed by atoms with Crippen LogP contribution < -0.4 is 0 Å². The second kappa shape index (κ2) is 57.5. The Morgan fingerprint density at radius 2 is 0.544 bits per heavy atom. The number of hydrogen-bond donors (Lipinski definition) is 0. The Morgan fingerprint density at radius 1 is 0.294 bits per heavy atom. The molecule has 1 atom stereocenters. The molecule has 0 aromatic rings. The molecule has 68 heavy (non-hydrogen) atoms. The molecule has 0 aliphatic heterocycles. The molecule has 0 aliphatic carbocycles. The van der Waals surface area contributed by atoms with E-state index in [2.05, 4.69) is 45.1 Å². The minimum Gasteiger partial charge on any atom is -0.462 e. The number of carbonyl (C=O) groups is 3. The van der Waals surface area contributed by atoms with Crippen LogP contribution in [0.4, 0.5) is 0 Å². The Balaban J connectivity index is 4.31. The highest BCUT2D eigenvalue weighted by Gasteiger charge is 2.19. The fourth-order valence-corrected chi connectivity index (χ4v) is 9.11. The third-order valence-electron chi connectivity index (χ3n) is 13.7. The molecule has 0 saturated carbocycles. The zero-order valence-electron chi connectivity index (χ0n) is 45.9. The first kappa shape index (κ1) is 65.9. The van der Waals surface area contributed by atoms with Gasteiger partial charge in [0.25, 0.3) is 0 Å². The average Bonchev–Trinajstić information content (AvgIpc) is 3.34. The van der Waals surface area contributed by atoms with Gasteiger partial charge in [0.05, 0.1) is 0 Å². The van der Waals surface area contributed by atoms with E-state index >= 15 is 0 Å². The van der Waals surface area contributed by atoms with Crippen molar-refractivity contribution in [2.45, 2.75) is 341 Å². The Labute approximate surface area is 423 Å². The van der Waals surface area contributed by atoms with Crippen molar-refractivity contribution in [1.29, 1.82) is 0 Å². The lowest BCUT2D eigenvalue weighted by Crippen LogP contribution is -2.30. The predicted octanol–water partition coefficient (Wildman–Crippen LogP) is 20.3. The van der Waals surface area contributed by atoms with Crippen molar-refractivity contribution >= 4 is 17.9 Å². The summed E-state index contributed by atoms with van der Waals surface area (Å²) in [7, 11) is 0. The number of unbranched alkanes of at least 4 members (excludes halogenated alkanes) is 41. The smallest absolute Gasteiger partial charge is 0.306 e. The van der Waals surface area contributed by atoms with Crippen molar-refractivity contribution in [3.63, 3.8) is 0 Å². The fraction of sp³-hybridized carbons (Fsp3) is 0.887. The highest BCUT2D eigenvalue weighted by Crippen LogP contribution is 2.18. The molecule has 0 aromatic carbocycles. The number of esters is 3. The number of carbonyl (C=O) groups excluding carboxylic acids is 3. The summed E-state index contributed by atoms with van der Waals surface area (Å²) >= 11 is 0. The second-order valence-corrected chi connectivity index (χ2v) is 20.6. The van der Waals surface area contributed by atoms with E-state index in [0.29, 0.717) is 19.3 Å². The van der Waals surface area contributed by atoms with Gasteiger partial charge in [-0.15, -0.1) is 0 Å². The van der Waals surface area contributed by atoms with Crippen LogP contribution in [-0.4, -0.2) is 37.2 Å². The number of rotatable bonds is 56. The molecule has 0 bridgehead atoms. The van der Waals surface area contributed by atoms with Crippen molar-refractivity contribution < 1.29 is 28.6 Å². The lowest BCUT2D eigenvalue weighted by Gasteiger charge is -2.18. The summed E-state index contributed by atoms with van der Waals surface area (Å²) in [6.45, 7) is 6.65. The first-order valence-electron chi connectivity index (χ1n) is 30.3. The number of allylic oxidation sites excluding steroid dienone is 4. The van der Waals surface area contributed by atoms with Crippen LogP contribution in [0.5, 0.6) is 0 Å². The quantitative estimate of drug-likeness (QED) is 0.0262. The summed E-state index contributed by atoms with van der Waals surface area (Å²) < 4.78 is 16.9. The van der Waals surface area contributed by atoms with Gasteiger partial charge < -0.3 is 14.2 Å². The van der Waals surface area contributed by atoms with Crippen molar-refractivity contribution in [1.82, 2.24) is 0 Å². The minimum absolute atomic E-state index is 0.0698. The molecule has 0 aliphatic rings. The standard InChI is InChI=1S/C62H116O6/c1-4-7-10-13-16-19-22-25-28-30-32-34-37-40-43-46-49-52-55-61(64)67-58-59(57-66-60(63)54-51-48-45-42-39-36-27-24-21-18-15-12-9-6-3)68-62(65)56-53-50-47-44-41-38-35-33-31-29-26-23-20-17-14-11-8-5-2/h15,18,24,27,59H,4-14,16-17,19-23,25-26,28-58H2,1-3H3/b18-15-,27-24-/t59-/m1/s1. The molecule has 0 amide bonds. The number of ether oxygens (including phenoxy) is 3. The van der Waals surface area contributed by atoms with Gasteiger partial charge in [-0.25, -0.2) is 0 Å². The van der Waals surface area contributed by atoms with Gasteiger partial charge in [0.15, 0.2) is 6.10 Å². The fourth-order valence-electron chi connectivity index (χ4n) is 9.11. The van der Waals surface area contributed by atoms with Crippen LogP contribution >= 0.6 is 0 Å². The maximum Gasteiger partial charge on any atom is 0.306 e. The van der Waals surface area contributed by atoms with Crippen LogP contribution in [0.2, 0.25) is 0 Å². The van der Waals surface area contributed by atoms with E-state index in [1.165, 1.54) is 218 Å². The maximum absolute atomic E-state index is 12.9. The molecule has 0 N–H and O–H groups in total. The Hall–Kier alpha value is -2.11. The summed E-state index contributed by atoms with van der Waals surface area (Å²) in [6.07, 6.45) is 67.4. The van der Waals surface area contributed by atoms with Crippen molar-refractivity contribution in [2.24, 2.45) is 0 Å². The monoisotopic (exact) mass is 957 g/mol. The van der Waals surface area contributed by atoms with Crippen LogP contribution in [0, 0.1) is 0 Å². The Morgan fingerprint density at radius 3 is 0.853 bits per heavy atom. The van der Waals surface area contributed by atoms with Crippen molar-refractivity contribution in [3.8, 4) is 0 Å². The Bertz CT molecular complexity index is 1100.